The number of halogens is 1. The highest BCUT2D eigenvalue weighted by Gasteiger charge is 2.09. The van der Waals surface area contributed by atoms with E-state index in [4.69, 9.17) is 4.42 Å². The Morgan fingerprint density at radius 1 is 1.15 bits per heavy atom. The number of hydrogen-bond donors (Lipinski definition) is 0. The van der Waals surface area contributed by atoms with Gasteiger partial charge in [-0.2, -0.15) is 0 Å². The molecule has 0 aliphatic rings. The number of benzene rings is 1. The van der Waals surface area contributed by atoms with Crippen LogP contribution in [0.25, 0.3) is 11.5 Å². The zero-order chi connectivity index (χ0) is 13.8. The number of nitrogens with zero attached hydrogens (tertiary/aromatic N) is 3. The summed E-state index contributed by atoms with van der Waals surface area (Å²) in [5.41, 5.74) is 1.65. The maximum atomic E-state index is 13.1. The van der Waals surface area contributed by atoms with Crippen LogP contribution in [0.1, 0.15) is 5.56 Å². The summed E-state index contributed by atoms with van der Waals surface area (Å²) in [5.74, 6) is 0.682. The highest BCUT2D eigenvalue weighted by molar-refractivity contribution is 7.98. The summed E-state index contributed by atoms with van der Waals surface area (Å²) in [6, 6.07) is 9.93. The standard InChI is InChI=1S/C14H10FN3OS/c15-12-5-1-4-11(7-12)13-17-18-14(19-13)20-9-10-3-2-6-16-8-10/h1-8H,9H2. The van der Waals surface area contributed by atoms with Crippen LogP contribution in [-0.2, 0) is 5.75 Å². The number of hydrogen-bond acceptors (Lipinski definition) is 5. The van der Waals surface area contributed by atoms with Gasteiger partial charge < -0.3 is 4.42 Å². The Kier molecular flexibility index (Phi) is 3.73. The molecule has 0 bridgehead atoms. The molecule has 3 rings (SSSR count). The van der Waals surface area contributed by atoms with E-state index in [0.717, 1.165) is 5.56 Å². The molecule has 1 aromatic carbocycles. The number of aromatic nitrogens is 3. The third kappa shape index (κ3) is 3.03. The molecular formula is C14H10FN3OS. The molecule has 20 heavy (non-hydrogen) atoms. The minimum Gasteiger partial charge on any atom is -0.411 e. The van der Waals surface area contributed by atoms with E-state index in [1.807, 2.05) is 12.1 Å². The van der Waals surface area contributed by atoms with Gasteiger partial charge >= 0.3 is 0 Å². The number of rotatable bonds is 4. The molecule has 0 saturated heterocycles. The molecule has 0 unspecified atom stereocenters. The highest BCUT2D eigenvalue weighted by Crippen LogP contribution is 2.25. The van der Waals surface area contributed by atoms with Crippen LogP contribution >= 0.6 is 11.8 Å². The van der Waals surface area contributed by atoms with Crippen molar-refractivity contribution in [2.45, 2.75) is 11.0 Å². The minimum absolute atomic E-state index is 0.318. The first-order valence-corrected chi connectivity index (χ1v) is 6.91. The molecule has 0 aliphatic heterocycles. The third-order valence-corrected chi connectivity index (χ3v) is 3.45. The zero-order valence-corrected chi connectivity index (χ0v) is 11.2. The second-order valence-electron chi connectivity index (χ2n) is 4.03. The van der Waals surface area contributed by atoms with Crippen molar-refractivity contribution >= 4 is 11.8 Å². The van der Waals surface area contributed by atoms with Gasteiger partial charge in [0.25, 0.3) is 5.22 Å². The first-order valence-electron chi connectivity index (χ1n) is 5.92. The zero-order valence-electron chi connectivity index (χ0n) is 10.4. The number of thioether (sulfide) groups is 1. The summed E-state index contributed by atoms with van der Waals surface area (Å²) < 4.78 is 18.6. The molecule has 100 valence electrons. The summed E-state index contributed by atoms with van der Waals surface area (Å²) in [6.45, 7) is 0. The van der Waals surface area contributed by atoms with Crippen molar-refractivity contribution in [1.29, 1.82) is 0 Å². The second kappa shape index (κ2) is 5.83. The molecule has 0 fully saturated rings. The predicted octanol–water partition coefficient (Wildman–Crippen LogP) is 3.56. The van der Waals surface area contributed by atoms with Crippen molar-refractivity contribution < 1.29 is 8.81 Å². The van der Waals surface area contributed by atoms with E-state index in [1.165, 1.54) is 23.9 Å². The monoisotopic (exact) mass is 287 g/mol. The molecule has 3 aromatic rings. The Morgan fingerprint density at radius 2 is 2.10 bits per heavy atom. The predicted molar refractivity (Wildman–Crippen MR) is 73.5 cm³/mol. The molecule has 0 amide bonds. The molecular weight excluding hydrogens is 277 g/mol. The maximum absolute atomic E-state index is 13.1. The van der Waals surface area contributed by atoms with Gasteiger partial charge in [-0.25, -0.2) is 4.39 Å². The van der Waals surface area contributed by atoms with E-state index in [0.29, 0.717) is 22.4 Å². The van der Waals surface area contributed by atoms with E-state index in [9.17, 15) is 4.39 Å². The molecule has 4 nitrogen and oxygen atoms in total. The highest BCUT2D eigenvalue weighted by atomic mass is 32.2. The van der Waals surface area contributed by atoms with Crippen LogP contribution in [0.5, 0.6) is 0 Å². The largest absolute Gasteiger partial charge is 0.411 e. The number of pyridine rings is 1. The summed E-state index contributed by atoms with van der Waals surface area (Å²) in [5, 5.41) is 8.31. The summed E-state index contributed by atoms with van der Waals surface area (Å²) in [4.78, 5) is 4.04. The first-order chi connectivity index (χ1) is 9.81. The van der Waals surface area contributed by atoms with Crippen LogP contribution < -0.4 is 0 Å². The lowest BCUT2D eigenvalue weighted by Gasteiger charge is -1.96. The van der Waals surface area contributed by atoms with Gasteiger partial charge in [0.05, 0.1) is 0 Å². The third-order valence-electron chi connectivity index (χ3n) is 2.56. The van der Waals surface area contributed by atoms with Crippen molar-refractivity contribution in [3.63, 3.8) is 0 Å². The van der Waals surface area contributed by atoms with Crippen molar-refractivity contribution in [3.05, 3.63) is 60.2 Å². The lowest BCUT2D eigenvalue weighted by Crippen LogP contribution is -1.81. The quantitative estimate of drug-likeness (QED) is 0.687. The molecule has 6 heteroatoms. The Labute approximate surface area is 119 Å². The average Bonchev–Trinajstić information content (AvgIpc) is 2.95. The molecule has 2 heterocycles. The normalized spacial score (nSPS) is 10.7. The Morgan fingerprint density at radius 3 is 2.90 bits per heavy atom. The topological polar surface area (TPSA) is 51.8 Å². The van der Waals surface area contributed by atoms with Crippen LogP contribution in [0.3, 0.4) is 0 Å². The fraction of sp³-hybridized carbons (Fsp3) is 0.0714. The van der Waals surface area contributed by atoms with Crippen LogP contribution in [0, 0.1) is 5.82 Å². The molecule has 0 aliphatic carbocycles. The molecule has 0 atom stereocenters. The van der Waals surface area contributed by atoms with Gasteiger partial charge in [0.1, 0.15) is 5.82 Å². The van der Waals surface area contributed by atoms with Crippen molar-refractivity contribution in [1.82, 2.24) is 15.2 Å². The Balaban J connectivity index is 1.71. The van der Waals surface area contributed by atoms with Gasteiger partial charge in [-0.05, 0) is 29.8 Å². The van der Waals surface area contributed by atoms with Crippen LogP contribution in [0.2, 0.25) is 0 Å². The lowest BCUT2D eigenvalue weighted by molar-refractivity contribution is 0.465. The van der Waals surface area contributed by atoms with E-state index in [1.54, 1.807) is 24.5 Å². The van der Waals surface area contributed by atoms with Crippen LogP contribution in [0.4, 0.5) is 4.39 Å². The second-order valence-corrected chi connectivity index (χ2v) is 4.96. The van der Waals surface area contributed by atoms with E-state index >= 15 is 0 Å². The summed E-state index contributed by atoms with van der Waals surface area (Å²) in [7, 11) is 0. The average molecular weight is 287 g/mol. The Hall–Kier alpha value is -2.21. The first kappa shape index (κ1) is 12.8. The smallest absolute Gasteiger partial charge is 0.277 e. The summed E-state index contributed by atoms with van der Waals surface area (Å²) in [6.07, 6.45) is 3.51. The van der Waals surface area contributed by atoms with Gasteiger partial charge in [-0.1, -0.05) is 23.9 Å². The van der Waals surface area contributed by atoms with E-state index in [-0.39, 0.29) is 5.82 Å². The van der Waals surface area contributed by atoms with E-state index in [2.05, 4.69) is 15.2 Å². The van der Waals surface area contributed by atoms with E-state index < -0.39 is 0 Å². The van der Waals surface area contributed by atoms with Gasteiger partial charge in [-0.15, -0.1) is 10.2 Å². The van der Waals surface area contributed by atoms with Crippen molar-refractivity contribution in [2.75, 3.05) is 0 Å². The van der Waals surface area contributed by atoms with Crippen LogP contribution in [-0.4, -0.2) is 15.2 Å². The van der Waals surface area contributed by atoms with Gasteiger partial charge in [-0.3, -0.25) is 4.98 Å². The molecule has 0 saturated carbocycles. The molecule has 0 radical (unpaired) electrons. The molecule has 2 aromatic heterocycles. The fourth-order valence-electron chi connectivity index (χ4n) is 1.63. The van der Waals surface area contributed by atoms with Gasteiger partial charge in [0.2, 0.25) is 5.89 Å². The van der Waals surface area contributed by atoms with Gasteiger partial charge in [0, 0.05) is 23.7 Å². The minimum atomic E-state index is -0.328. The van der Waals surface area contributed by atoms with Gasteiger partial charge in [0.15, 0.2) is 0 Å². The fourth-order valence-corrected chi connectivity index (χ4v) is 2.33. The lowest BCUT2D eigenvalue weighted by atomic mass is 10.2. The molecule has 0 spiro atoms. The van der Waals surface area contributed by atoms with Crippen LogP contribution in [0.15, 0.2) is 58.4 Å². The van der Waals surface area contributed by atoms with Crippen molar-refractivity contribution in [3.8, 4) is 11.5 Å². The molecule has 0 N–H and O–H groups in total. The summed E-state index contributed by atoms with van der Waals surface area (Å²) >= 11 is 1.42. The van der Waals surface area contributed by atoms with Crippen molar-refractivity contribution in [2.24, 2.45) is 0 Å². The maximum Gasteiger partial charge on any atom is 0.277 e. The SMILES string of the molecule is Fc1cccc(-c2nnc(SCc3cccnc3)o2)c1. The Bertz CT molecular complexity index is 702.